The van der Waals surface area contributed by atoms with Crippen LogP contribution in [-0.4, -0.2) is 13.2 Å². The zero-order valence-electron chi connectivity index (χ0n) is 9.55. The second-order valence-electron chi connectivity index (χ2n) is 5.01. The Labute approximate surface area is 82.9 Å². The molecule has 13 heavy (non-hydrogen) atoms. The summed E-state index contributed by atoms with van der Waals surface area (Å²) < 4.78 is 5.56. The Kier molecular flexibility index (Phi) is 4.24. The fourth-order valence-electron chi connectivity index (χ4n) is 2.62. The first kappa shape index (κ1) is 11.0. The van der Waals surface area contributed by atoms with Gasteiger partial charge in [-0.25, -0.2) is 0 Å². The van der Waals surface area contributed by atoms with Gasteiger partial charge in [-0.2, -0.15) is 0 Å². The quantitative estimate of drug-likeness (QED) is 0.639. The van der Waals surface area contributed by atoms with Gasteiger partial charge in [0, 0.05) is 13.2 Å². The van der Waals surface area contributed by atoms with Crippen molar-refractivity contribution in [3.63, 3.8) is 0 Å². The van der Waals surface area contributed by atoms with Crippen LogP contribution in [-0.2, 0) is 4.74 Å². The number of hydrogen-bond donors (Lipinski definition) is 0. The smallest absolute Gasteiger partial charge is 0.0468 e. The summed E-state index contributed by atoms with van der Waals surface area (Å²) in [5, 5.41) is 0. The minimum absolute atomic E-state index is 0.814. The lowest BCUT2D eigenvalue weighted by molar-refractivity contribution is 0.138. The van der Waals surface area contributed by atoms with Gasteiger partial charge >= 0.3 is 0 Å². The van der Waals surface area contributed by atoms with Crippen LogP contribution in [0, 0.1) is 23.7 Å². The van der Waals surface area contributed by atoms with Crippen molar-refractivity contribution in [3.05, 3.63) is 0 Å². The first-order valence-corrected chi connectivity index (χ1v) is 5.70. The summed E-state index contributed by atoms with van der Waals surface area (Å²) in [6, 6.07) is 0. The molecule has 2 unspecified atom stereocenters. The van der Waals surface area contributed by atoms with E-state index in [1.165, 1.54) is 12.8 Å². The Morgan fingerprint density at radius 2 is 1.23 bits per heavy atom. The average Bonchev–Trinajstić information content (AvgIpc) is 2.27. The molecule has 2 atom stereocenters. The highest BCUT2D eigenvalue weighted by Crippen LogP contribution is 2.34. The molecule has 1 aliphatic heterocycles. The van der Waals surface area contributed by atoms with Crippen LogP contribution in [0.3, 0.4) is 0 Å². The van der Waals surface area contributed by atoms with Crippen LogP contribution >= 0.6 is 0 Å². The van der Waals surface area contributed by atoms with Crippen molar-refractivity contribution in [1.29, 1.82) is 0 Å². The van der Waals surface area contributed by atoms with E-state index in [-0.39, 0.29) is 0 Å². The summed E-state index contributed by atoms with van der Waals surface area (Å²) in [5.74, 6) is 3.38. The van der Waals surface area contributed by atoms with Crippen molar-refractivity contribution in [3.8, 4) is 0 Å². The Bertz CT molecular complexity index is 124. The van der Waals surface area contributed by atoms with E-state index in [9.17, 15) is 0 Å². The zero-order valence-corrected chi connectivity index (χ0v) is 9.55. The van der Waals surface area contributed by atoms with Gasteiger partial charge < -0.3 is 4.74 Å². The Hall–Kier alpha value is -0.0400. The average molecular weight is 184 g/mol. The Morgan fingerprint density at radius 3 is 1.54 bits per heavy atom. The van der Waals surface area contributed by atoms with Crippen molar-refractivity contribution >= 4 is 0 Å². The summed E-state index contributed by atoms with van der Waals surface area (Å²) in [6.45, 7) is 11.4. The van der Waals surface area contributed by atoms with Gasteiger partial charge in [-0.1, -0.05) is 27.7 Å². The number of rotatable bonds is 2. The van der Waals surface area contributed by atoms with E-state index in [2.05, 4.69) is 27.7 Å². The molecule has 1 heterocycles. The van der Waals surface area contributed by atoms with Gasteiger partial charge in [0.05, 0.1) is 0 Å². The highest BCUT2D eigenvalue weighted by Gasteiger charge is 2.28. The summed E-state index contributed by atoms with van der Waals surface area (Å²) in [5.41, 5.74) is 0. The first-order chi connectivity index (χ1) is 6.13. The summed E-state index contributed by atoms with van der Waals surface area (Å²) >= 11 is 0. The van der Waals surface area contributed by atoms with Crippen LogP contribution < -0.4 is 0 Å². The van der Waals surface area contributed by atoms with Gasteiger partial charge in [-0.05, 0) is 36.5 Å². The van der Waals surface area contributed by atoms with Crippen LogP contribution in [0.1, 0.15) is 40.5 Å². The van der Waals surface area contributed by atoms with E-state index >= 15 is 0 Å². The topological polar surface area (TPSA) is 9.23 Å². The van der Waals surface area contributed by atoms with Gasteiger partial charge in [0.1, 0.15) is 0 Å². The maximum atomic E-state index is 5.56. The lowest BCUT2D eigenvalue weighted by Crippen LogP contribution is -2.24. The van der Waals surface area contributed by atoms with Gasteiger partial charge in [0.15, 0.2) is 0 Å². The van der Waals surface area contributed by atoms with Gasteiger partial charge in [-0.3, -0.25) is 0 Å². The molecule has 0 saturated carbocycles. The van der Waals surface area contributed by atoms with Crippen molar-refractivity contribution in [1.82, 2.24) is 0 Å². The molecule has 78 valence electrons. The fourth-order valence-corrected chi connectivity index (χ4v) is 2.62. The molecular formula is C12H24O. The molecule has 0 amide bonds. The van der Waals surface area contributed by atoms with Crippen molar-refractivity contribution in [2.24, 2.45) is 23.7 Å². The second-order valence-corrected chi connectivity index (χ2v) is 5.01. The summed E-state index contributed by atoms with van der Waals surface area (Å²) in [4.78, 5) is 0. The third-order valence-corrected chi connectivity index (χ3v) is 3.45. The van der Waals surface area contributed by atoms with Crippen molar-refractivity contribution in [2.45, 2.75) is 40.5 Å². The van der Waals surface area contributed by atoms with Crippen LogP contribution in [0.2, 0.25) is 0 Å². The zero-order chi connectivity index (χ0) is 9.84. The predicted octanol–water partition coefficient (Wildman–Crippen LogP) is 3.34. The normalized spacial score (nSPS) is 30.9. The van der Waals surface area contributed by atoms with E-state index in [0.29, 0.717) is 0 Å². The molecule has 1 saturated heterocycles. The first-order valence-electron chi connectivity index (χ1n) is 5.70. The Balaban J connectivity index is 2.61. The summed E-state index contributed by atoms with van der Waals surface area (Å²) in [6.07, 6.45) is 2.53. The van der Waals surface area contributed by atoms with Crippen LogP contribution in [0.25, 0.3) is 0 Å². The van der Waals surface area contributed by atoms with E-state index in [0.717, 1.165) is 36.9 Å². The van der Waals surface area contributed by atoms with Crippen LogP contribution in [0.5, 0.6) is 0 Å². The third-order valence-electron chi connectivity index (χ3n) is 3.45. The lowest BCUT2D eigenvalue weighted by Gasteiger charge is -2.30. The van der Waals surface area contributed by atoms with E-state index in [1.54, 1.807) is 0 Å². The molecule has 1 rings (SSSR count). The van der Waals surface area contributed by atoms with Crippen molar-refractivity contribution < 1.29 is 4.74 Å². The number of hydrogen-bond acceptors (Lipinski definition) is 1. The maximum absolute atomic E-state index is 5.56. The van der Waals surface area contributed by atoms with E-state index in [4.69, 9.17) is 4.74 Å². The standard InChI is InChI=1S/C12H24O/c1-9(2)11-5-7-13-8-6-12(11)10(3)4/h9-12H,5-8H2,1-4H3. The molecule has 0 N–H and O–H groups in total. The Morgan fingerprint density at radius 1 is 0.846 bits per heavy atom. The molecule has 0 bridgehead atoms. The largest absolute Gasteiger partial charge is 0.381 e. The van der Waals surface area contributed by atoms with Crippen molar-refractivity contribution in [2.75, 3.05) is 13.2 Å². The summed E-state index contributed by atoms with van der Waals surface area (Å²) in [7, 11) is 0. The second kappa shape index (κ2) is 4.99. The molecule has 1 nitrogen and oxygen atoms in total. The highest BCUT2D eigenvalue weighted by molar-refractivity contribution is 4.77. The van der Waals surface area contributed by atoms with E-state index < -0.39 is 0 Å². The minimum atomic E-state index is 0.814. The van der Waals surface area contributed by atoms with Gasteiger partial charge in [0.25, 0.3) is 0 Å². The molecule has 1 aliphatic rings. The lowest BCUT2D eigenvalue weighted by atomic mass is 9.74. The number of ether oxygens (including phenoxy) is 1. The van der Waals surface area contributed by atoms with Crippen LogP contribution in [0.15, 0.2) is 0 Å². The molecule has 1 heteroatoms. The highest BCUT2D eigenvalue weighted by atomic mass is 16.5. The molecule has 0 aromatic rings. The SMILES string of the molecule is CC(C)C1CCOCCC1C(C)C. The predicted molar refractivity (Wildman–Crippen MR) is 56.7 cm³/mol. The molecular weight excluding hydrogens is 160 g/mol. The third kappa shape index (κ3) is 2.98. The molecule has 0 aromatic carbocycles. The van der Waals surface area contributed by atoms with E-state index in [1.807, 2.05) is 0 Å². The monoisotopic (exact) mass is 184 g/mol. The van der Waals surface area contributed by atoms with Gasteiger partial charge in [-0.15, -0.1) is 0 Å². The molecule has 0 radical (unpaired) electrons. The van der Waals surface area contributed by atoms with Crippen LogP contribution in [0.4, 0.5) is 0 Å². The molecule has 0 aliphatic carbocycles. The molecule has 1 fully saturated rings. The fraction of sp³-hybridized carbons (Fsp3) is 1.00. The molecule has 0 aromatic heterocycles. The maximum Gasteiger partial charge on any atom is 0.0468 e. The van der Waals surface area contributed by atoms with Gasteiger partial charge in [0.2, 0.25) is 0 Å². The molecule has 0 spiro atoms. The minimum Gasteiger partial charge on any atom is -0.381 e.